The predicted octanol–water partition coefficient (Wildman–Crippen LogP) is 2.06. The summed E-state index contributed by atoms with van der Waals surface area (Å²) in [6.45, 7) is 3.08. The molecule has 0 fully saturated rings. The maximum atomic E-state index is 12.3. The summed E-state index contributed by atoms with van der Waals surface area (Å²) in [7, 11) is 0. The molecule has 3 rings (SSSR count). The van der Waals surface area contributed by atoms with E-state index >= 15 is 0 Å². The number of carbonyl (C=O) groups is 2. The van der Waals surface area contributed by atoms with E-state index in [1.165, 1.54) is 12.5 Å². The number of nitriles is 1. The average Bonchev–Trinajstić information content (AvgIpc) is 2.82. The van der Waals surface area contributed by atoms with Crippen LogP contribution in [0, 0.1) is 11.3 Å². The van der Waals surface area contributed by atoms with Crippen molar-refractivity contribution < 1.29 is 19.4 Å². The number of hydrogen-bond donors (Lipinski definition) is 3. The number of ether oxygens (including phenoxy) is 1. The predicted molar refractivity (Wildman–Crippen MR) is 116 cm³/mol. The van der Waals surface area contributed by atoms with Crippen LogP contribution in [0.25, 0.3) is 11.3 Å². The quantitative estimate of drug-likeness (QED) is 0.418. The van der Waals surface area contributed by atoms with Gasteiger partial charge in [-0.25, -0.2) is 24.5 Å². The fourth-order valence-electron chi connectivity index (χ4n) is 2.77. The molecule has 1 aliphatic rings. The number of carboxylic acid groups (broad SMARTS) is 1. The molecule has 3 N–H and O–H groups in total. The molecular weight excluding hydrogens is 414 g/mol. The molecule has 0 radical (unpaired) electrons. The highest BCUT2D eigenvalue weighted by atomic mass is 16.5. The van der Waals surface area contributed by atoms with Crippen LogP contribution in [0.3, 0.4) is 0 Å². The number of aliphatic imine (C=N–C) groups is 1. The third-order valence-corrected chi connectivity index (χ3v) is 4.35. The van der Waals surface area contributed by atoms with Crippen molar-refractivity contribution in [2.24, 2.45) is 4.99 Å². The van der Waals surface area contributed by atoms with Gasteiger partial charge in [0.25, 0.3) is 0 Å². The number of rotatable bonds is 8. The van der Waals surface area contributed by atoms with Crippen LogP contribution in [0.5, 0.6) is 0 Å². The summed E-state index contributed by atoms with van der Waals surface area (Å²) < 4.78 is 5.10. The van der Waals surface area contributed by atoms with E-state index in [9.17, 15) is 9.59 Å². The highest BCUT2D eigenvalue weighted by Crippen LogP contribution is 2.23. The maximum Gasteiger partial charge on any atom is 0.412 e. The van der Waals surface area contributed by atoms with Gasteiger partial charge in [-0.3, -0.25) is 4.90 Å². The number of hydrogen-bond acceptors (Lipinski definition) is 9. The molecule has 164 valence electrons. The molecule has 0 unspecified atom stereocenters. The molecule has 2 heterocycles. The van der Waals surface area contributed by atoms with Gasteiger partial charge in [-0.05, 0) is 25.1 Å². The third-order valence-electron chi connectivity index (χ3n) is 4.35. The Bertz CT molecular complexity index is 1090. The van der Waals surface area contributed by atoms with Crippen molar-refractivity contribution in [3.8, 4) is 17.3 Å². The Hall–Kier alpha value is -4.46. The number of benzene rings is 1. The number of nitrogens with zero attached hydrogens (tertiary/aromatic N) is 5. The van der Waals surface area contributed by atoms with E-state index in [0.29, 0.717) is 41.7 Å². The van der Waals surface area contributed by atoms with E-state index < -0.39 is 12.1 Å². The summed E-state index contributed by atoms with van der Waals surface area (Å²) in [6, 6.07) is 8.77. The molecule has 0 bridgehead atoms. The number of esters is 1. The fraction of sp³-hybridized carbons (Fsp3) is 0.238. The lowest BCUT2D eigenvalue weighted by Crippen LogP contribution is -2.32. The van der Waals surface area contributed by atoms with E-state index in [1.54, 1.807) is 37.3 Å². The van der Waals surface area contributed by atoms with E-state index in [2.05, 4.69) is 31.7 Å². The number of aromatic nitrogens is 2. The molecule has 11 heteroatoms. The Morgan fingerprint density at radius 1 is 1.25 bits per heavy atom. The molecular formula is C21H21N7O4. The van der Waals surface area contributed by atoms with Crippen LogP contribution < -0.4 is 10.6 Å². The van der Waals surface area contributed by atoms with Crippen molar-refractivity contribution in [2.45, 2.75) is 6.92 Å². The number of amides is 1. The minimum atomic E-state index is -1.06. The second kappa shape index (κ2) is 10.5. The molecule has 1 aromatic heterocycles. The van der Waals surface area contributed by atoms with Crippen molar-refractivity contribution >= 4 is 24.3 Å². The van der Waals surface area contributed by atoms with Crippen molar-refractivity contribution in [1.29, 1.82) is 5.26 Å². The second-order valence-corrected chi connectivity index (χ2v) is 6.49. The summed E-state index contributed by atoms with van der Waals surface area (Å²) in [5.41, 5.74) is 1.77. The Morgan fingerprint density at radius 3 is 2.62 bits per heavy atom. The first-order chi connectivity index (χ1) is 15.5. The molecule has 0 atom stereocenters. The lowest BCUT2D eigenvalue weighted by Gasteiger charge is -2.17. The fourth-order valence-corrected chi connectivity index (χ4v) is 2.77. The smallest absolute Gasteiger partial charge is 0.412 e. The zero-order valence-electron chi connectivity index (χ0n) is 17.3. The van der Waals surface area contributed by atoms with Gasteiger partial charge in [0.2, 0.25) is 5.95 Å². The van der Waals surface area contributed by atoms with Gasteiger partial charge in [0.1, 0.15) is 17.7 Å². The van der Waals surface area contributed by atoms with Crippen LogP contribution >= 0.6 is 0 Å². The largest absolute Gasteiger partial charge is 0.465 e. The van der Waals surface area contributed by atoms with E-state index in [0.717, 1.165) is 4.90 Å². The van der Waals surface area contributed by atoms with Crippen LogP contribution in [-0.2, 0) is 4.74 Å². The SMILES string of the molecule is CCOC(=O)c1cnc(NCCNC2=CCN(C(=O)O)C=N2)nc1-c1ccc(C#N)cc1. The second-order valence-electron chi connectivity index (χ2n) is 6.49. The molecule has 2 aromatic rings. The van der Waals surface area contributed by atoms with Gasteiger partial charge in [0.15, 0.2) is 0 Å². The summed E-state index contributed by atoms with van der Waals surface area (Å²) >= 11 is 0. The van der Waals surface area contributed by atoms with Gasteiger partial charge >= 0.3 is 12.1 Å². The summed E-state index contributed by atoms with van der Waals surface area (Å²) in [5, 5.41) is 24.0. The highest BCUT2D eigenvalue weighted by Gasteiger charge is 2.17. The molecule has 0 aliphatic carbocycles. The summed E-state index contributed by atoms with van der Waals surface area (Å²) in [5.74, 6) is 0.358. The zero-order chi connectivity index (χ0) is 22.9. The highest BCUT2D eigenvalue weighted by molar-refractivity contribution is 5.96. The van der Waals surface area contributed by atoms with Crippen molar-refractivity contribution in [2.75, 3.05) is 31.6 Å². The first-order valence-corrected chi connectivity index (χ1v) is 9.78. The van der Waals surface area contributed by atoms with E-state index in [-0.39, 0.29) is 18.7 Å². The standard InChI is InChI=1S/C21H21N7O4/c1-2-32-19(29)16-12-25-20(27-18(16)15-5-3-14(11-22)4-6-15)24-9-8-23-17-7-10-28(13-26-17)21(30)31/h3-7,12-13,23H,2,8-10H2,1H3,(H,30,31)(H,24,25,27). The maximum absolute atomic E-state index is 12.3. The molecule has 0 spiro atoms. The van der Waals surface area contributed by atoms with Gasteiger partial charge in [-0.15, -0.1) is 0 Å². The molecule has 32 heavy (non-hydrogen) atoms. The first-order valence-electron chi connectivity index (χ1n) is 9.78. The van der Waals surface area contributed by atoms with Crippen molar-refractivity contribution in [1.82, 2.24) is 20.2 Å². The Labute approximate surface area is 184 Å². The monoisotopic (exact) mass is 435 g/mol. The van der Waals surface area contributed by atoms with E-state index in [4.69, 9.17) is 15.1 Å². The molecule has 0 saturated carbocycles. The van der Waals surface area contributed by atoms with Gasteiger partial charge in [-0.2, -0.15) is 5.26 Å². The van der Waals surface area contributed by atoms with Gasteiger partial charge < -0.3 is 20.5 Å². The van der Waals surface area contributed by atoms with E-state index in [1.807, 2.05) is 0 Å². The number of nitrogens with one attached hydrogen (secondary N) is 2. The zero-order valence-corrected chi connectivity index (χ0v) is 17.3. The van der Waals surface area contributed by atoms with Crippen molar-refractivity contribution in [3.63, 3.8) is 0 Å². The lowest BCUT2D eigenvalue weighted by molar-refractivity contribution is 0.0526. The normalized spacial score (nSPS) is 12.5. The van der Waals surface area contributed by atoms with Crippen LogP contribution in [0.15, 0.2) is 47.4 Å². The minimum absolute atomic E-state index is 0.222. The Morgan fingerprint density at radius 2 is 2.00 bits per heavy atom. The van der Waals surface area contributed by atoms with Gasteiger partial charge in [0, 0.05) is 24.8 Å². The molecule has 0 saturated heterocycles. The molecule has 1 aromatic carbocycles. The molecule has 1 amide bonds. The number of anilines is 1. The first kappa shape index (κ1) is 22.2. The van der Waals surface area contributed by atoms with Crippen molar-refractivity contribution in [3.05, 3.63) is 53.5 Å². The molecule has 1 aliphatic heterocycles. The van der Waals surface area contributed by atoms with Crippen LogP contribution in [0.4, 0.5) is 10.7 Å². The third kappa shape index (κ3) is 5.57. The van der Waals surface area contributed by atoms with Crippen LogP contribution in [0.2, 0.25) is 0 Å². The minimum Gasteiger partial charge on any atom is -0.465 e. The summed E-state index contributed by atoms with van der Waals surface area (Å²) in [4.78, 5) is 36.9. The number of carbonyl (C=O) groups excluding carboxylic acids is 1. The van der Waals surface area contributed by atoms with Gasteiger partial charge in [-0.1, -0.05) is 12.1 Å². The molecule has 11 nitrogen and oxygen atoms in total. The topological polar surface area (TPSA) is 153 Å². The van der Waals surface area contributed by atoms with Crippen LogP contribution in [-0.4, -0.2) is 64.6 Å². The lowest BCUT2D eigenvalue weighted by atomic mass is 10.1. The van der Waals surface area contributed by atoms with Crippen LogP contribution in [0.1, 0.15) is 22.8 Å². The van der Waals surface area contributed by atoms with Gasteiger partial charge in [0.05, 0.1) is 30.5 Å². The Kier molecular flexibility index (Phi) is 7.32. The summed E-state index contributed by atoms with van der Waals surface area (Å²) in [6.07, 6.45) is 3.26. The average molecular weight is 435 g/mol. The Balaban J connectivity index is 1.67.